The first-order valence-electron chi connectivity index (χ1n) is 13.5. The Labute approximate surface area is 236 Å². The van der Waals surface area contributed by atoms with Gasteiger partial charge in [-0.05, 0) is 90.2 Å². The summed E-state index contributed by atoms with van der Waals surface area (Å²) in [5.41, 5.74) is 5.04. The van der Waals surface area contributed by atoms with Crippen molar-refractivity contribution in [3.63, 3.8) is 0 Å². The number of nitrogens with one attached hydrogen (secondary N) is 2. The first-order valence-corrected chi connectivity index (χ1v) is 14.3. The van der Waals surface area contributed by atoms with Crippen LogP contribution in [0.25, 0.3) is 5.82 Å². The Balaban J connectivity index is 1.66. The second-order valence-electron chi connectivity index (χ2n) is 9.85. The predicted octanol–water partition coefficient (Wildman–Crippen LogP) is 7.46. The van der Waals surface area contributed by atoms with E-state index in [0.717, 1.165) is 57.5 Å². The molecule has 1 aliphatic rings. The zero-order valence-electron chi connectivity index (χ0n) is 23.0. The fourth-order valence-electron chi connectivity index (χ4n) is 5.16. The summed E-state index contributed by atoms with van der Waals surface area (Å²) >= 11 is 3.56. The van der Waals surface area contributed by atoms with E-state index in [1.54, 1.807) is 6.20 Å². The fourth-order valence-corrected chi connectivity index (χ4v) is 5.42. The minimum absolute atomic E-state index is 0.0703. The summed E-state index contributed by atoms with van der Waals surface area (Å²) in [7, 11) is 0. The number of benzene rings is 1. The normalized spacial score (nSPS) is 15.8. The molecule has 1 atom stereocenters. The standard InChI is InChI=1S/C32H41BrN4O/c1-6-14-23(3)28(7-2)24(4)21-30(37-25(5)29(33)22-36-37)34-19-13-20-35-32(38)31(27-17-11-12-18-27)26-15-9-8-10-16-26/h6-10,14-16,21-22,27,31,34H,2,4,11-13,17-20H2,1,3,5H3,(H,35,38)/b14-6-,28-23+,30-21-. The van der Waals surface area contributed by atoms with Gasteiger partial charge in [0.25, 0.3) is 0 Å². The molecule has 202 valence electrons. The lowest BCUT2D eigenvalue weighted by atomic mass is 9.84. The highest BCUT2D eigenvalue weighted by Crippen LogP contribution is 2.37. The highest BCUT2D eigenvalue weighted by Gasteiger charge is 2.31. The maximum Gasteiger partial charge on any atom is 0.227 e. The van der Waals surface area contributed by atoms with Crippen molar-refractivity contribution >= 4 is 27.7 Å². The van der Waals surface area contributed by atoms with Crippen LogP contribution < -0.4 is 10.6 Å². The van der Waals surface area contributed by atoms with Crippen LogP contribution in [0.1, 0.15) is 63.1 Å². The van der Waals surface area contributed by atoms with Crippen LogP contribution in [0.3, 0.4) is 0 Å². The van der Waals surface area contributed by atoms with Gasteiger partial charge < -0.3 is 10.6 Å². The molecule has 2 N–H and O–H groups in total. The number of rotatable bonds is 13. The smallest absolute Gasteiger partial charge is 0.227 e. The van der Waals surface area contributed by atoms with Gasteiger partial charge in [0.2, 0.25) is 5.91 Å². The summed E-state index contributed by atoms with van der Waals surface area (Å²) in [5, 5.41) is 11.3. The van der Waals surface area contributed by atoms with Crippen LogP contribution >= 0.6 is 15.9 Å². The molecule has 0 radical (unpaired) electrons. The molecule has 5 nitrogen and oxygen atoms in total. The summed E-state index contributed by atoms with van der Waals surface area (Å²) in [6, 6.07) is 10.2. The van der Waals surface area contributed by atoms with E-state index < -0.39 is 0 Å². The van der Waals surface area contributed by atoms with Crippen LogP contribution in [0.4, 0.5) is 0 Å². The van der Waals surface area contributed by atoms with E-state index in [1.807, 2.05) is 55.0 Å². The Hall–Kier alpha value is -3.12. The van der Waals surface area contributed by atoms with Gasteiger partial charge in [-0.1, -0.05) is 74.6 Å². The molecule has 1 amide bonds. The van der Waals surface area contributed by atoms with E-state index in [1.165, 1.54) is 12.8 Å². The van der Waals surface area contributed by atoms with Crippen LogP contribution in [-0.4, -0.2) is 28.8 Å². The maximum atomic E-state index is 13.3. The van der Waals surface area contributed by atoms with E-state index in [2.05, 4.69) is 70.0 Å². The molecular weight excluding hydrogens is 536 g/mol. The monoisotopic (exact) mass is 576 g/mol. The molecule has 6 heteroatoms. The molecule has 0 spiro atoms. The van der Waals surface area contributed by atoms with Gasteiger partial charge in [-0.25, -0.2) is 4.68 Å². The molecule has 1 aromatic carbocycles. The Bertz CT molecular complexity index is 1200. The molecule has 0 saturated heterocycles. The van der Waals surface area contributed by atoms with E-state index in [-0.39, 0.29) is 11.8 Å². The number of halogens is 1. The van der Waals surface area contributed by atoms with Crippen molar-refractivity contribution in [3.8, 4) is 0 Å². The lowest BCUT2D eigenvalue weighted by Crippen LogP contribution is -2.34. The van der Waals surface area contributed by atoms with E-state index in [0.29, 0.717) is 19.0 Å². The molecule has 1 saturated carbocycles. The minimum atomic E-state index is -0.0703. The van der Waals surface area contributed by atoms with Gasteiger partial charge in [0.1, 0.15) is 5.82 Å². The first-order chi connectivity index (χ1) is 18.4. The molecule has 0 bridgehead atoms. The molecule has 0 aliphatic heterocycles. The number of hydrogen-bond donors (Lipinski definition) is 2. The predicted molar refractivity (Wildman–Crippen MR) is 163 cm³/mol. The third-order valence-electron chi connectivity index (χ3n) is 7.15. The van der Waals surface area contributed by atoms with Crippen molar-refractivity contribution in [2.75, 3.05) is 13.1 Å². The fraction of sp³-hybridized carbons (Fsp3) is 0.375. The number of hydrogen-bond acceptors (Lipinski definition) is 3. The van der Waals surface area contributed by atoms with Crippen LogP contribution in [-0.2, 0) is 4.79 Å². The summed E-state index contributed by atoms with van der Waals surface area (Å²) in [4.78, 5) is 13.3. The van der Waals surface area contributed by atoms with Crippen molar-refractivity contribution in [3.05, 3.63) is 106 Å². The summed E-state index contributed by atoms with van der Waals surface area (Å²) in [5.74, 6) is 1.32. The second-order valence-corrected chi connectivity index (χ2v) is 10.7. The third kappa shape index (κ3) is 7.70. The average Bonchev–Trinajstić information content (AvgIpc) is 3.55. The van der Waals surface area contributed by atoms with Crippen LogP contribution in [0.5, 0.6) is 0 Å². The number of allylic oxidation sites excluding steroid dienone is 7. The van der Waals surface area contributed by atoms with Gasteiger partial charge in [-0.2, -0.15) is 5.10 Å². The van der Waals surface area contributed by atoms with Gasteiger partial charge in [0.05, 0.1) is 22.3 Å². The number of carbonyl (C=O) groups is 1. The van der Waals surface area contributed by atoms with Gasteiger partial charge in [-0.3, -0.25) is 4.79 Å². The van der Waals surface area contributed by atoms with Gasteiger partial charge in [0.15, 0.2) is 0 Å². The lowest BCUT2D eigenvalue weighted by Gasteiger charge is -2.23. The quantitative estimate of drug-likeness (QED) is 0.192. The van der Waals surface area contributed by atoms with Crippen molar-refractivity contribution in [1.82, 2.24) is 20.4 Å². The van der Waals surface area contributed by atoms with Crippen molar-refractivity contribution in [1.29, 1.82) is 0 Å². The number of nitrogens with zero attached hydrogens (tertiary/aromatic N) is 2. The summed E-state index contributed by atoms with van der Waals surface area (Å²) in [6.45, 7) is 15.6. The average molecular weight is 578 g/mol. The zero-order valence-corrected chi connectivity index (χ0v) is 24.6. The van der Waals surface area contributed by atoms with Crippen molar-refractivity contribution < 1.29 is 4.79 Å². The number of amides is 1. The zero-order chi connectivity index (χ0) is 27.5. The summed E-state index contributed by atoms with van der Waals surface area (Å²) < 4.78 is 2.80. The van der Waals surface area contributed by atoms with E-state index in [9.17, 15) is 4.79 Å². The van der Waals surface area contributed by atoms with Crippen molar-refractivity contribution in [2.24, 2.45) is 5.92 Å². The van der Waals surface area contributed by atoms with Gasteiger partial charge >= 0.3 is 0 Å². The Morgan fingerprint density at radius 2 is 1.89 bits per heavy atom. The Morgan fingerprint density at radius 1 is 1.21 bits per heavy atom. The third-order valence-corrected chi connectivity index (χ3v) is 7.93. The molecule has 1 aromatic heterocycles. The molecule has 1 heterocycles. The Morgan fingerprint density at radius 3 is 2.50 bits per heavy atom. The highest BCUT2D eigenvalue weighted by atomic mass is 79.9. The molecule has 1 aliphatic carbocycles. The highest BCUT2D eigenvalue weighted by molar-refractivity contribution is 9.10. The Kier molecular flexibility index (Phi) is 11.4. The van der Waals surface area contributed by atoms with Crippen LogP contribution in [0, 0.1) is 12.8 Å². The first kappa shape index (κ1) is 29.4. The number of aromatic nitrogens is 2. The molecule has 3 rings (SSSR count). The molecular formula is C32H41BrN4O. The maximum absolute atomic E-state index is 13.3. The topological polar surface area (TPSA) is 58.9 Å². The van der Waals surface area contributed by atoms with Gasteiger partial charge in [-0.15, -0.1) is 0 Å². The number of carbonyl (C=O) groups excluding carboxylic acids is 1. The van der Waals surface area contributed by atoms with Crippen LogP contribution in [0.2, 0.25) is 0 Å². The SMILES string of the molecule is C=C/C(C(=C)/C=C(/NCCCNC(=O)C(c1ccccc1)C1CCCC1)n1ncc(Br)c1C)=C(C)\C=C/C. The lowest BCUT2D eigenvalue weighted by molar-refractivity contribution is -0.123. The van der Waals surface area contributed by atoms with Crippen molar-refractivity contribution in [2.45, 2.75) is 58.8 Å². The molecule has 1 unspecified atom stereocenters. The van der Waals surface area contributed by atoms with Gasteiger partial charge in [0, 0.05) is 13.1 Å². The van der Waals surface area contributed by atoms with E-state index in [4.69, 9.17) is 0 Å². The molecule has 38 heavy (non-hydrogen) atoms. The molecule has 2 aromatic rings. The molecule has 1 fully saturated rings. The van der Waals surface area contributed by atoms with Crippen LogP contribution in [0.15, 0.2) is 95.2 Å². The second kappa shape index (κ2) is 14.7. The summed E-state index contributed by atoms with van der Waals surface area (Å²) in [6.07, 6.45) is 15.1. The largest absolute Gasteiger partial charge is 0.370 e. The minimum Gasteiger partial charge on any atom is -0.370 e. The van der Waals surface area contributed by atoms with E-state index >= 15 is 0 Å².